The molecule has 9 N–H and O–H groups in total. The zero-order chi connectivity index (χ0) is 36.2. The van der Waals surface area contributed by atoms with Crippen molar-refractivity contribution in [3.63, 3.8) is 0 Å². The standard InChI is InChI=1S/C27H38N5O14P/c1-4-12(2)21(24(28)40)32-26(42)18(6-8-20(37)38)30-25(41)17(5-7-19(35)36)31-27(43)22(29-13(3)33)16-10-15(34)9-14(23(16)39)11-47(44,45)46/h9-10,12,17-18,21-22H,4-8,11H2,1-3H3,(H2,28,40)(H,29,33)(H,30,41)(H,31,43)(H,32,42)(H,35,36)(H,37,38)(H2,44,45,46)/p-1. The first-order valence-electron chi connectivity index (χ1n) is 14.1. The maximum atomic E-state index is 13.4. The van der Waals surface area contributed by atoms with Gasteiger partial charge in [-0.25, -0.2) is 0 Å². The molecule has 0 heterocycles. The van der Waals surface area contributed by atoms with E-state index >= 15 is 0 Å². The molecule has 260 valence electrons. The molecule has 19 nitrogen and oxygen atoms in total. The van der Waals surface area contributed by atoms with Crippen molar-refractivity contribution in [3.05, 3.63) is 23.3 Å². The number of amides is 5. The molecule has 0 bridgehead atoms. The van der Waals surface area contributed by atoms with Crippen molar-refractivity contribution in [1.29, 1.82) is 0 Å². The van der Waals surface area contributed by atoms with Crippen molar-refractivity contribution < 1.29 is 67.7 Å². The fourth-order valence-corrected chi connectivity index (χ4v) is 4.97. The highest BCUT2D eigenvalue weighted by Crippen LogP contribution is 2.34. The fourth-order valence-electron chi connectivity index (χ4n) is 4.30. The molecule has 0 radical (unpaired) electrons. The molecule has 1 rings (SSSR count). The van der Waals surface area contributed by atoms with Crippen molar-refractivity contribution in [1.82, 2.24) is 21.3 Å². The molecule has 0 fully saturated rings. The Hall–Kier alpha value is -4.74. The minimum atomic E-state index is -5.13. The lowest BCUT2D eigenvalue weighted by molar-refractivity contribution is -0.192. The molecule has 0 saturated heterocycles. The van der Waals surface area contributed by atoms with E-state index in [0.29, 0.717) is 18.6 Å². The maximum Gasteiger partial charge on any atom is 0.303 e. The van der Waals surface area contributed by atoms with Gasteiger partial charge in [0.05, 0.1) is 0 Å². The molecule has 0 aliphatic heterocycles. The lowest BCUT2D eigenvalue weighted by Crippen LogP contribution is -2.59. The highest BCUT2D eigenvalue weighted by Gasteiger charge is 2.37. The van der Waals surface area contributed by atoms with Crippen LogP contribution in [0.15, 0.2) is 23.3 Å². The Morgan fingerprint density at radius 3 is 1.79 bits per heavy atom. The molecular weight excluding hydrogens is 649 g/mol. The van der Waals surface area contributed by atoms with Gasteiger partial charge in [-0.05, 0) is 30.9 Å². The number of rotatable bonds is 19. The lowest BCUT2D eigenvalue weighted by Gasteiger charge is -2.28. The summed E-state index contributed by atoms with van der Waals surface area (Å²) in [6.07, 6.45) is -2.20. The number of hydrogen-bond acceptors (Lipinski definition) is 11. The molecule has 5 amide bonds. The number of primary amides is 1. The molecule has 6 atom stereocenters. The number of nitrogens with two attached hydrogens (primary N) is 1. The average molecular weight is 687 g/mol. The molecule has 0 spiro atoms. The number of allylic oxidation sites excluding steroid dienone is 3. The number of carboxylic acid groups (broad SMARTS) is 2. The summed E-state index contributed by atoms with van der Waals surface area (Å²) in [5, 5.41) is 27.1. The Morgan fingerprint density at radius 2 is 1.36 bits per heavy atom. The van der Waals surface area contributed by atoms with E-state index in [9.17, 15) is 62.6 Å². The highest BCUT2D eigenvalue weighted by molar-refractivity contribution is 7.50. The normalized spacial score (nSPS) is 17.3. The summed E-state index contributed by atoms with van der Waals surface area (Å²) in [6.45, 7) is 4.23. The van der Waals surface area contributed by atoms with E-state index < -0.39 is 134 Å². The zero-order valence-corrected chi connectivity index (χ0v) is 26.5. The topological polar surface area (TPSA) is 329 Å². The number of carbonyl (C=O) groups is 9. The van der Waals surface area contributed by atoms with Crippen LogP contribution in [0.1, 0.15) is 52.9 Å². The van der Waals surface area contributed by atoms with E-state index in [1.54, 1.807) is 13.8 Å². The smallest absolute Gasteiger partial charge is 0.303 e. The van der Waals surface area contributed by atoms with Crippen LogP contribution in [-0.2, 0) is 47.7 Å². The van der Waals surface area contributed by atoms with Gasteiger partial charge in [0, 0.05) is 37.1 Å². The number of aliphatic carboxylic acids is 2. The van der Waals surface area contributed by atoms with Crippen LogP contribution in [0.5, 0.6) is 0 Å². The van der Waals surface area contributed by atoms with Gasteiger partial charge in [0.15, 0.2) is 11.6 Å². The van der Waals surface area contributed by atoms with E-state index in [2.05, 4.69) is 21.3 Å². The largest absolute Gasteiger partial charge is 0.778 e. The first kappa shape index (κ1) is 40.3. The van der Waals surface area contributed by atoms with Crippen molar-refractivity contribution in [3.8, 4) is 0 Å². The van der Waals surface area contributed by atoms with Crippen LogP contribution >= 0.6 is 7.60 Å². The summed E-state index contributed by atoms with van der Waals surface area (Å²) in [6, 6.07) is -6.67. The molecule has 1 aliphatic carbocycles. The lowest BCUT2D eigenvalue weighted by atomic mass is 9.90. The third-order valence-corrected chi connectivity index (χ3v) is 7.58. The Labute approximate surface area is 267 Å². The average Bonchev–Trinajstić information content (AvgIpc) is 2.94. The van der Waals surface area contributed by atoms with Gasteiger partial charge in [0.1, 0.15) is 31.8 Å². The van der Waals surface area contributed by atoms with Crippen LogP contribution in [0.4, 0.5) is 0 Å². The molecule has 0 aromatic heterocycles. The van der Waals surface area contributed by atoms with Gasteiger partial charge < -0.3 is 51.6 Å². The Morgan fingerprint density at radius 1 is 0.872 bits per heavy atom. The molecule has 0 aromatic rings. The zero-order valence-electron chi connectivity index (χ0n) is 25.6. The van der Waals surface area contributed by atoms with Gasteiger partial charge in [-0.15, -0.1) is 0 Å². The molecular formula is C27H37N5O14P-. The highest BCUT2D eigenvalue weighted by atomic mass is 31.2. The van der Waals surface area contributed by atoms with Gasteiger partial charge in [0.25, 0.3) is 0 Å². The number of carboxylic acids is 2. The van der Waals surface area contributed by atoms with E-state index in [4.69, 9.17) is 10.8 Å². The Bertz CT molecular complexity index is 1420. The van der Waals surface area contributed by atoms with Gasteiger partial charge in [-0.2, -0.15) is 0 Å². The van der Waals surface area contributed by atoms with Gasteiger partial charge in [0.2, 0.25) is 29.5 Å². The van der Waals surface area contributed by atoms with Gasteiger partial charge >= 0.3 is 11.9 Å². The van der Waals surface area contributed by atoms with Crippen LogP contribution in [-0.4, -0.2) is 98.5 Å². The number of hydrogen-bond donors (Lipinski definition) is 8. The van der Waals surface area contributed by atoms with E-state index in [-0.39, 0.29) is 0 Å². The summed E-state index contributed by atoms with van der Waals surface area (Å²) >= 11 is 0. The van der Waals surface area contributed by atoms with Crippen LogP contribution in [0.3, 0.4) is 0 Å². The summed E-state index contributed by atoms with van der Waals surface area (Å²) in [7, 11) is -5.13. The fraction of sp³-hybridized carbons (Fsp3) is 0.519. The van der Waals surface area contributed by atoms with Crippen LogP contribution in [0, 0.1) is 5.92 Å². The Kier molecular flexibility index (Phi) is 15.3. The molecule has 6 unspecified atom stereocenters. The summed E-state index contributed by atoms with van der Waals surface area (Å²) in [5.41, 5.74) is 3.90. The quantitative estimate of drug-likeness (QED) is 0.0489. The van der Waals surface area contributed by atoms with Crippen molar-refractivity contribution in [2.24, 2.45) is 11.7 Å². The van der Waals surface area contributed by atoms with E-state index in [1.807, 2.05) is 0 Å². The first-order valence-corrected chi connectivity index (χ1v) is 15.9. The van der Waals surface area contributed by atoms with Crippen LogP contribution in [0.2, 0.25) is 0 Å². The minimum Gasteiger partial charge on any atom is -0.778 e. The van der Waals surface area contributed by atoms with Crippen molar-refractivity contribution in [2.45, 2.75) is 77.0 Å². The molecule has 0 aromatic carbocycles. The number of nitrogens with one attached hydrogen (secondary N) is 4. The maximum absolute atomic E-state index is 13.4. The second-order valence-corrected chi connectivity index (χ2v) is 12.3. The van der Waals surface area contributed by atoms with Crippen LogP contribution < -0.4 is 31.9 Å². The second-order valence-electron chi connectivity index (χ2n) is 10.7. The second kappa shape index (κ2) is 17.8. The predicted octanol–water partition coefficient (Wildman–Crippen LogP) is -3.24. The summed E-state index contributed by atoms with van der Waals surface area (Å²) < 4.78 is 11.4. The minimum absolute atomic E-state index is 0.400. The summed E-state index contributed by atoms with van der Waals surface area (Å²) in [4.78, 5) is 132. The molecule has 20 heteroatoms. The van der Waals surface area contributed by atoms with E-state index in [0.717, 1.165) is 6.92 Å². The monoisotopic (exact) mass is 686 g/mol. The number of Topliss-reactive ketones (excluding diaryl/α,β-unsaturated/α-hetero) is 1. The predicted molar refractivity (Wildman–Crippen MR) is 157 cm³/mol. The summed E-state index contributed by atoms with van der Waals surface area (Å²) in [5.74, 6) is -10.8. The van der Waals surface area contributed by atoms with Crippen molar-refractivity contribution in [2.75, 3.05) is 6.16 Å². The molecule has 0 saturated carbocycles. The van der Waals surface area contributed by atoms with E-state index in [1.165, 1.54) is 0 Å². The van der Waals surface area contributed by atoms with Gasteiger partial charge in [-0.3, -0.25) is 43.2 Å². The van der Waals surface area contributed by atoms with Crippen LogP contribution in [0.25, 0.3) is 0 Å². The SMILES string of the molecule is CCC(C)C(NC(=O)C(CCC(=O)O)NC(=O)C(CCC(=O)O)NC(=O)C(NC(C)=O)C1=CC(=O)C=C(CP(=O)([O-])O)C1=O)C(N)=O. The number of carbonyl (C=O) groups excluding carboxylic acids is 7. The third-order valence-electron chi connectivity index (χ3n) is 6.84. The first-order chi connectivity index (χ1) is 21.7. The van der Waals surface area contributed by atoms with Gasteiger partial charge in [-0.1, -0.05) is 20.3 Å². The third kappa shape index (κ3) is 13.6. The molecule has 47 heavy (non-hydrogen) atoms. The van der Waals surface area contributed by atoms with Crippen molar-refractivity contribution >= 4 is 60.6 Å². The Balaban J connectivity index is 3.42. The number of ketones is 2. The molecule has 1 aliphatic rings.